The Hall–Kier alpha value is -0.870. The van der Waals surface area contributed by atoms with Crippen molar-refractivity contribution in [3.63, 3.8) is 0 Å². The molecule has 1 fully saturated rings. The number of hydrogen-bond donors (Lipinski definition) is 1. The van der Waals surface area contributed by atoms with E-state index in [4.69, 9.17) is 9.15 Å². The second-order valence-corrected chi connectivity index (χ2v) is 4.27. The van der Waals surface area contributed by atoms with Gasteiger partial charge in [-0.15, -0.1) is 0 Å². The molecule has 0 spiro atoms. The average Bonchev–Trinajstić information content (AvgIpc) is 2.75. The summed E-state index contributed by atoms with van der Waals surface area (Å²) in [5, 5.41) is 3.08. The Morgan fingerprint density at radius 3 is 3.19 bits per heavy atom. The standard InChI is InChI=1S/C12H20N2O2/c1-13-6-5-12-14-9-11(16-12)8-10-4-2-3-7-15-10/h9-10,13H,2-8H2,1H3. The molecule has 0 amide bonds. The van der Waals surface area contributed by atoms with Gasteiger partial charge in [0.15, 0.2) is 5.89 Å². The van der Waals surface area contributed by atoms with Crippen LogP contribution in [0.15, 0.2) is 10.6 Å². The zero-order valence-electron chi connectivity index (χ0n) is 9.87. The van der Waals surface area contributed by atoms with Crippen LogP contribution in [-0.4, -0.2) is 31.3 Å². The van der Waals surface area contributed by atoms with Crippen molar-refractivity contribution in [1.82, 2.24) is 10.3 Å². The van der Waals surface area contributed by atoms with Crippen molar-refractivity contribution in [2.24, 2.45) is 0 Å². The maximum atomic E-state index is 5.67. The third-order valence-electron chi connectivity index (χ3n) is 2.89. The first kappa shape index (κ1) is 11.6. The van der Waals surface area contributed by atoms with E-state index in [2.05, 4.69) is 10.3 Å². The lowest BCUT2D eigenvalue weighted by atomic mass is 10.1. The molecule has 1 aromatic rings. The molecule has 1 aliphatic heterocycles. The van der Waals surface area contributed by atoms with E-state index in [-0.39, 0.29) is 0 Å². The largest absolute Gasteiger partial charge is 0.446 e. The highest BCUT2D eigenvalue weighted by molar-refractivity contribution is 4.96. The fourth-order valence-corrected chi connectivity index (χ4v) is 1.98. The van der Waals surface area contributed by atoms with Crippen LogP contribution in [0.2, 0.25) is 0 Å². The fraction of sp³-hybridized carbons (Fsp3) is 0.750. The molecule has 1 saturated heterocycles. The molecule has 4 heteroatoms. The third-order valence-corrected chi connectivity index (χ3v) is 2.89. The van der Waals surface area contributed by atoms with Gasteiger partial charge >= 0.3 is 0 Å². The number of aromatic nitrogens is 1. The molecule has 0 aromatic carbocycles. The van der Waals surface area contributed by atoms with Crippen molar-refractivity contribution < 1.29 is 9.15 Å². The highest BCUT2D eigenvalue weighted by Gasteiger charge is 2.16. The van der Waals surface area contributed by atoms with Crippen LogP contribution in [0.4, 0.5) is 0 Å². The van der Waals surface area contributed by atoms with E-state index in [1.54, 1.807) is 0 Å². The van der Waals surface area contributed by atoms with E-state index in [0.29, 0.717) is 6.10 Å². The minimum atomic E-state index is 0.332. The number of oxazole rings is 1. The zero-order valence-corrected chi connectivity index (χ0v) is 9.87. The quantitative estimate of drug-likeness (QED) is 0.824. The number of likely N-dealkylation sites (N-methyl/N-ethyl adjacent to an activating group) is 1. The van der Waals surface area contributed by atoms with E-state index in [0.717, 1.165) is 44.1 Å². The van der Waals surface area contributed by atoms with Gasteiger partial charge in [-0.25, -0.2) is 4.98 Å². The smallest absolute Gasteiger partial charge is 0.195 e. The minimum absolute atomic E-state index is 0.332. The van der Waals surface area contributed by atoms with Crippen LogP contribution in [0.3, 0.4) is 0 Å². The molecule has 2 rings (SSSR count). The van der Waals surface area contributed by atoms with Gasteiger partial charge in [0.2, 0.25) is 0 Å². The van der Waals surface area contributed by atoms with Gasteiger partial charge < -0.3 is 14.5 Å². The van der Waals surface area contributed by atoms with Crippen molar-refractivity contribution in [3.05, 3.63) is 17.8 Å². The van der Waals surface area contributed by atoms with E-state index >= 15 is 0 Å². The molecule has 1 atom stereocenters. The van der Waals surface area contributed by atoms with Crippen LogP contribution < -0.4 is 5.32 Å². The molecular formula is C12H20N2O2. The zero-order chi connectivity index (χ0) is 11.2. The van der Waals surface area contributed by atoms with Crippen molar-refractivity contribution >= 4 is 0 Å². The molecule has 16 heavy (non-hydrogen) atoms. The Morgan fingerprint density at radius 2 is 2.44 bits per heavy atom. The molecule has 1 N–H and O–H groups in total. The Labute approximate surface area is 96.4 Å². The van der Waals surface area contributed by atoms with Crippen LogP contribution in [0, 0.1) is 0 Å². The molecule has 0 radical (unpaired) electrons. The van der Waals surface area contributed by atoms with Crippen molar-refractivity contribution in [3.8, 4) is 0 Å². The number of ether oxygens (including phenoxy) is 1. The SMILES string of the molecule is CNCCc1ncc(CC2CCCCO2)o1. The summed E-state index contributed by atoms with van der Waals surface area (Å²) in [5.41, 5.74) is 0. The van der Waals surface area contributed by atoms with Gasteiger partial charge in [0, 0.05) is 26.0 Å². The lowest BCUT2D eigenvalue weighted by molar-refractivity contribution is 0.0138. The number of hydrogen-bond acceptors (Lipinski definition) is 4. The average molecular weight is 224 g/mol. The minimum Gasteiger partial charge on any atom is -0.446 e. The Balaban J connectivity index is 1.81. The normalized spacial score (nSPS) is 21.2. The molecule has 1 aliphatic rings. The predicted octanol–water partition coefficient (Wildman–Crippen LogP) is 1.55. The summed E-state index contributed by atoms with van der Waals surface area (Å²) in [4.78, 5) is 4.26. The van der Waals surface area contributed by atoms with Crippen molar-refractivity contribution in [2.45, 2.75) is 38.2 Å². The topological polar surface area (TPSA) is 47.3 Å². The van der Waals surface area contributed by atoms with Crippen LogP contribution in [0.25, 0.3) is 0 Å². The Morgan fingerprint density at radius 1 is 1.50 bits per heavy atom. The lowest BCUT2D eigenvalue weighted by Gasteiger charge is -2.21. The highest BCUT2D eigenvalue weighted by atomic mass is 16.5. The van der Waals surface area contributed by atoms with E-state index in [9.17, 15) is 0 Å². The monoisotopic (exact) mass is 224 g/mol. The predicted molar refractivity (Wildman–Crippen MR) is 61.4 cm³/mol. The fourth-order valence-electron chi connectivity index (χ4n) is 1.98. The summed E-state index contributed by atoms with van der Waals surface area (Å²) in [7, 11) is 1.93. The third kappa shape index (κ3) is 3.32. The molecule has 1 unspecified atom stereocenters. The van der Waals surface area contributed by atoms with Crippen LogP contribution in [-0.2, 0) is 17.6 Å². The number of rotatable bonds is 5. The van der Waals surface area contributed by atoms with Gasteiger partial charge in [0.05, 0.1) is 12.3 Å². The highest BCUT2D eigenvalue weighted by Crippen LogP contribution is 2.17. The van der Waals surface area contributed by atoms with Crippen molar-refractivity contribution in [2.75, 3.05) is 20.2 Å². The molecule has 1 aromatic heterocycles. The van der Waals surface area contributed by atoms with Crippen LogP contribution in [0.5, 0.6) is 0 Å². The number of nitrogens with zero attached hydrogens (tertiary/aromatic N) is 1. The van der Waals surface area contributed by atoms with E-state index in [1.165, 1.54) is 12.8 Å². The summed E-state index contributed by atoms with van der Waals surface area (Å²) in [6.45, 7) is 1.80. The lowest BCUT2D eigenvalue weighted by Crippen LogP contribution is -2.21. The van der Waals surface area contributed by atoms with E-state index in [1.807, 2.05) is 13.2 Å². The maximum Gasteiger partial charge on any atom is 0.195 e. The van der Waals surface area contributed by atoms with Gasteiger partial charge in [-0.1, -0.05) is 0 Å². The molecule has 2 heterocycles. The number of nitrogens with one attached hydrogen (secondary N) is 1. The summed E-state index contributed by atoms with van der Waals surface area (Å²) in [6, 6.07) is 0. The van der Waals surface area contributed by atoms with Gasteiger partial charge in [-0.3, -0.25) is 0 Å². The summed E-state index contributed by atoms with van der Waals surface area (Å²) >= 11 is 0. The first-order valence-corrected chi connectivity index (χ1v) is 6.08. The molecule has 90 valence electrons. The Bertz CT molecular complexity index is 306. The maximum absolute atomic E-state index is 5.67. The second-order valence-electron chi connectivity index (χ2n) is 4.27. The molecule has 0 saturated carbocycles. The molecule has 0 aliphatic carbocycles. The summed E-state index contributed by atoms with van der Waals surface area (Å²) in [6.07, 6.45) is 7.49. The first-order valence-electron chi connectivity index (χ1n) is 6.08. The van der Waals surface area contributed by atoms with E-state index < -0.39 is 0 Å². The van der Waals surface area contributed by atoms with Gasteiger partial charge in [-0.05, 0) is 26.3 Å². The van der Waals surface area contributed by atoms with Crippen molar-refractivity contribution in [1.29, 1.82) is 0 Å². The second kappa shape index (κ2) is 6.01. The summed E-state index contributed by atoms with van der Waals surface area (Å²) < 4.78 is 11.3. The summed E-state index contributed by atoms with van der Waals surface area (Å²) in [5.74, 6) is 1.78. The Kier molecular flexibility index (Phi) is 4.36. The van der Waals surface area contributed by atoms with Gasteiger partial charge in [-0.2, -0.15) is 0 Å². The first-order chi connectivity index (χ1) is 7.88. The van der Waals surface area contributed by atoms with Gasteiger partial charge in [0.25, 0.3) is 0 Å². The molecule has 4 nitrogen and oxygen atoms in total. The van der Waals surface area contributed by atoms with Gasteiger partial charge in [0.1, 0.15) is 5.76 Å². The molecule has 0 bridgehead atoms. The molecular weight excluding hydrogens is 204 g/mol. The van der Waals surface area contributed by atoms with Crippen LogP contribution >= 0.6 is 0 Å². The van der Waals surface area contributed by atoms with Crippen LogP contribution in [0.1, 0.15) is 30.9 Å².